The van der Waals surface area contributed by atoms with Crippen LogP contribution in [0.15, 0.2) is 24.3 Å². The van der Waals surface area contributed by atoms with Gasteiger partial charge in [-0.2, -0.15) is 0 Å². The van der Waals surface area contributed by atoms with Gasteiger partial charge >= 0.3 is 11.9 Å². The maximum absolute atomic E-state index is 10.4. The van der Waals surface area contributed by atoms with Crippen molar-refractivity contribution in [2.45, 2.75) is 64.2 Å². The molecule has 1 aromatic rings. The van der Waals surface area contributed by atoms with Crippen LogP contribution in [0.2, 0.25) is 0 Å². The van der Waals surface area contributed by atoms with Gasteiger partial charge in [0.1, 0.15) is 11.5 Å². The molecular formula is C20H30O6. The first-order valence-electron chi connectivity index (χ1n) is 9.33. The van der Waals surface area contributed by atoms with Crippen LogP contribution in [-0.4, -0.2) is 32.4 Å². The molecule has 4 N–H and O–H groups in total. The summed E-state index contributed by atoms with van der Waals surface area (Å²) in [7, 11) is 0. The number of hydrogen-bond acceptors (Lipinski definition) is 4. The molecule has 2 fully saturated rings. The third-order valence-corrected chi connectivity index (χ3v) is 4.76. The highest BCUT2D eigenvalue weighted by molar-refractivity contribution is 5.70. The van der Waals surface area contributed by atoms with E-state index in [9.17, 15) is 9.59 Å². The van der Waals surface area contributed by atoms with Crippen molar-refractivity contribution in [2.75, 3.05) is 0 Å². The molecule has 0 heterocycles. The number of phenols is 2. The molecule has 2 aliphatic carbocycles. The van der Waals surface area contributed by atoms with Gasteiger partial charge in [0.05, 0.1) is 11.8 Å². The van der Waals surface area contributed by atoms with Crippen molar-refractivity contribution in [3.8, 4) is 11.5 Å². The first kappa shape index (κ1) is 21.8. The lowest BCUT2D eigenvalue weighted by Gasteiger charge is -2.16. The number of carbonyl (C=O) groups is 2. The van der Waals surface area contributed by atoms with Crippen LogP contribution < -0.4 is 0 Å². The Labute approximate surface area is 154 Å². The summed E-state index contributed by atoms with van der Waals surface area (Å²) < 4.78 is 0. The zero-order valence-electron chi connectivity index (χ0n) is 15.1. The Morgan fingerprint density at radius 3 is 1.08 bits per heavy atom. The van der Waals surface area contributed by atoms with E-state index in [0.717, 1.165) is 51.4 Å². The summed E-state index contributed by atoms with van der Waals surface area (Å²) in [6, 6.07) is 5.70. The number of hydrogen-bond donors (Lipinski definition) is 4. The maximum atomic E-state index is 10.4. The predicted octanol–water partition coefficient (Wildman–Crippen LogP) is 4.40. The van der Waals surface area contributed by atoms with Crippen LogP contribution in [0.4, 0.5) is 0 Å². The SMILES string of the molecule is O=C(O)C1CCCCC1.O=C(O)C1CCCCC1.Oc1ccc(O)cc1. The molecule has 0 aliphatic heterocycles. The van der Waals surface area contributed by atoms with E-state index in [1.54, 1.807) is 0 Å². The second kappa shape index (κ2) is 12.2. The number of rotatable bonds is 2. The van der Waals surface area contributed by atoms with E-state index in [2.05, 4.69) is 0 Å². The molecule has 0 radical (unpaired) electrons. The molecule has 6 nitrogen and oxygen atoms in total. The van der Waals surface area contributed by atoms with Crippen molar-refractivity contribution in [3.05, 3.63) is 24.3 Å². The molecule has 0 saturated heterocycles. The second-order valence-electron chi connectivity index (χ2n) is 6.86. The van der Waals surface area contributed by atoms with E-state index in [0.29, 0.717) is 0 Å². The molecule has 3 rings (SSSR count). The lowest BCUT2D eigenvalue weighted by Crippen LogP contribution is -2.16. The van der Waals surface area contributed by atoms with Gasteiger partial charge in [0.25, 0.3) is 0 Å². The van der Waals surface area contributed by atoms with Crippen LogP contribution >= 0.6 is 0 Å². The van der Waals surface area contributed by atoms with Crippen LogP contribution in [0.3, 0.4) is 0 Å². The average molecular weight is 366 g/mol. The number of aromatic hydroxyl groups is 2. The third kappa shape index (κ3) is 9.30. The summed E-state index contributed by atoms with van der Waals surface area (Å²) in [6.07, 6.45) is 10.5. The normalized spacial score (nSPS) is 17.8. The minimum Gasteiger partial charge on any atom is -0.508 e. The molecule has 0 spiro atoms. The van der Waals surface area contributed by atoms with Crippen molar-refractivity contribution in [2.24, 2.45) is 11.8 Å². The number of phenolic OH excluding ortho intramolecular Hbond substituents is 2. The summed E-state index contributed by atoms with van der Waals surface area (Å²) >= 11 is 0. The fourth-order valence-corrected chi connectivity index (χ4v) is 3.15. The Morgan fingerprint density at radius 2 is 0.885 bits per heavy atom. The highest BCUT2D eigenvalue weighted by Gasteiger charge is 2.20. The number of carboxylic acid groups (broad SMARTS) is 2. The zero-order valence-corrected chi connectivity index (χ0v) is 15.1. The van der Waals surface area contributed by atoms with E-state index in [-0.39, 0.29) is 23.3 Å². The molecule has 2 aliphatic rings. The molecule has 0 amide bonds. The van der Waals surface area contributed by atoms with Crippen molar-refractivity contribution in [3.63, 3.8) is 0 Å². The Kier molecular flexibility index (Phi) is 10.2. The Morgan fingerprint density at radius 1 is 0.615 bits per heavy atom. The van der Waals surface area contributed by atoms with Crippen LogP contribution in [0.5, 0.6) is 11.5 Å². The van der Waals surface area contributed by atoms with E-state index < -0.39 is 11.9 Å². The molecule has 1 aromatic carbocycles. The topological polar surface area (TPSA) is 115 Å². The zero-order chi connectivity index (χ0) is 19.4. The summed E-state index contributed by atoms with van der Waals surface area (Å²) in [5, 5.41) is 34.4. The fraction of sp³-hybridized carbons (Fsp3) is 0.600. The first-order chi connectivity index (χ1) is 12.4. The van der Waals surface area contributed by atoms with Gasteiger partial charge in [0, 0.05) is 0 Å². The lowest BCUT2D eigenvalue weighted by atomic mass is 9.90. The van der Waals surface area contributed by atoms with E-state index >= 15 is 0 Å². The highest BCUT2D eigenvalue weighted by atomic mass is 16.4. The van der Waals surface area contributed by atoms with Crippen LogP contribution in [0.25, 0.3) is 0 Å². The maximum Gasteiger partial charge on any atom is 0.306 e. The molecular weight excluding hydrogens is 336 g/mol. The molecule has 2 saturated carbocycles. The first-order valence-corrected chi connectivity index (χ1v) is 9.33. The van der Waals surface area contributed by atoms with E-state index in [1.165, 1.54) is 37.1 Å². The number of aliphatic carboxylic acids is 2. The molecule has 0 aromatic heterocycles. The summed E-state index contributed by atoms with van der Waals surface area (Å²) in [4.78, 5) is 20.7. The van der Waals surface area contributed by atoms with Gasteiger partial charge in [0.2, 0.25) is 0 Å². The molecule has 26 heavy (non-hydrogen) atoms. The van der Waals surface area contributed by atoms with Crippen molar-refractivity contribution < 1.29 is 30.0 Å². The summed E-state index contributed by atoms with van der Waals surface area (Å²) in [6.45, 7) is 0. The monoisotopic (exact) mass is 366 g/mol. The quantitative estimate of drug-likeness (QED) is 0.577. The predicted molar refractivity (Wildman–Crippen MR) is 98.2 cm³/mol. The minimum absolute atomic E-state index is 0.0289. The Balaban J connectivity index is 0.000000195. The molecule has 146 valence electrons. The van der Waals surface area contributed by atoms with Gasteiger partial charge in [0.15, 0.2) is 0 Å². The molecule has 0 unspecified atom stereocenters. The van der Waals surface area contributed by atoms with Crippen LogP contribution in [0, 0.1) is 11.8 Å². The van der Waals surface area contributed by atoms with Gasteiger partial charge in [-0.25, -0.2) is 0 Å². The molecule has 0 atom stereocenters. The summed E-state index contributed by atoms with van der Waals surface area (Å²) in [5.74, 6) is -0.924. The largest absolute Gasteiger partial charge is 0.508 e. The van der Waals surface area contributed by atoms with Crippen LogP contribution in [0.1, 0.15) is 64.2 Å². The molecule has 0 bridgehead atoms. The van der Waals surface area contributed by atoms with Crippen molar-refractivity contribution in [1.82, 2.24) is 0 Å². The van der Waals surface area contributed by atoms with Gasteiger partial charge in [-0.05, 0) is 49.9 Å². The van der Waals surface area contributed by atoms with Gasteiger partial charge in [-0.1, -0.05) is 38.5 Å². The lowest BCUT2D eigenvalue weighted by molar-refractivity contribution is -0.143. The Hall–Kier alpha value is -2.24. The summed E-state index contributed by atoms with van der Waals surface area (Å²) in [5.41, 5.74) is 0. The average Bonchev–Trinajstić information content (AvgIpc) is 2.66. The fourth-order valence-electron chi connectivity index (χ4n) is 3.15. The second-order valence-corrected chi connectivity index (χ2v) is 6.86. The van der Waals surface area contributed by atoms with Crippen molar-refractivity contribution in [1.29, 1.82) is 0 Å². The van der Waals surface area contributed by atoms with E-state index in [1.807, 2.05) is 0 Å². The molecule has 6 heteroatoms. The van der Waals surface area contributed by atoms with Gasteiger partial charge < -0.3 is 20.4 Å². The van der Waals surface area contributed by atoms with Crippen molar-refractivity contribution >= 4 is 11.9 Å². The number of carboxylic acids is 2. The minimum atomic E-state index is -0.602. The Bertz CT molecular complexity index is 479. The van der Waals surface area contributed by atoms with E-state index in [4.69, 9.17) is 20.4 Å². The third-order valence-electron chi connectivity index (χ3n) is 4.76. The standard InChI is InChI=1S/2C7H12O2.C6H6O2/c2*8-7(9)6-4-2-1-3-5-6;7-5-1-2-6(8)4-3-5/h2*6H,1-5H2,(H,8,9);1-4,7-8H. The van der Waals surface area contributed by atoms with Gasteiger partial charge in [-0.15, -0.1) is 0 Å². The van der Waals surface area contributed by atoms with Gasteiger partial charge in [-0.3, -0.25) is 9.59 Å². The smallest absolute Gasteiger partial charge is 0.306 e. The number of benzene rings is 1. The highest BCUT2D eigenvalue weighted by Crippen LogP contribution is 2.24. The van der Waals surface area contributed by atoms with Crippen LogP contribution in [-0.2, 0) is 9.59 Å².